The highest BCUT2D eigenvalue weighted by atomic mass is 16.1. The number of carbonyl (C=O) groups excluding carboxylic acids is 1. The van der Waals surface area contributed by atoms with Gasteiger partial charge in [-0.1, -0.05) is 42.0 Å². The second-order valence-electron chi connectivity index (χ2n) is 7.62. The van der Waals surface area contributed by atoms with E-state index in [1.807, 2.05) is 56.3 Å². The normalized spacial score (nSPS) is 10.5. The molecule has 1 aromatic heterocycles. The number of anilines is 3. The first-order chi connectivity index (χ1) is 15.0. The van der Waals surface area contributed by atoms with E-state index >= 15 is 0 Å². The first-order valence-corrected chi connectivity index (χ1v) is 10.1. The van der Waals surface area contributed by atoms with E-state index in [2.05, 4.69) is 39.7 Å². The molecule has 154 valence electrons. The highest BCUT2D eigenvalue weighted by molar-refractivity contribution is 6.04. The van der Waals surface area contributed by atoms with Gasteiger partial charge >= 0.3 is 0 Å². The zero-order valence-corrected chi connectivity index (χ0v) is 17.8. The van der Waals surface area contributed by atoms with Crippen molar-refractivity contribution in [1.29, 1.82) is 0 Å². The highest BCUT2D eigenvalue weighted by Crippen LogP contribution is 2.21. The van der Waals surface area contributed by atoms with Crippen LogP contribution < -0.4 is 10.6 Å². The number of nitrogens with one attached hydrogen (secondary N) is 2. The van der Waals surface area contributed by atoms with Gasteiger partial charge < -0.3 is 10.6 Å². The molecule has 5 heteroatoms. The second kappa shape index (κ2) is 8.79. The molecule has 0 saturated heterocycles. The van der Waals surface area contributed by atoms with Crippen LogP contribution in [0.25, 0.3) is 11.1 Å². The van der Waals surface area contributed by atoms with Gasteiger partial charge in [0.15, 0.2) is 0 Å². The molecule has 31 heavy (non-hydrogen) atoms. The maximum atomic E-state index is 12.7. The molecular weight excluding hydrogens is 384 g/mol. The third kappa shape index (κ3) is 4.95. The Kier molecular flexibility index (Phi) is 5.76. The number of hydrogen-bond donors (Lipinski definition) is 2. The van der Waals surface area contributed by atoms with E-state index < -0.39 is 0 Å². The number of aryl methyl sites for hydroxylation is 3. The summed E-state index contributed by atoms with van der Waals surface area (Å²) in [6.07, 6.45) is 3.58. The summed E-state index contributed by atoms with van der Waals surface area (Å²) in [6.45, 7) is 6.13. The number of rotatable bonds is 5. The number of hydrogen-bond acceptors (Lipinski definition) is 4. The van der Waals surface area contributed by atoms with E-state index in [1.165, 1.54) is 11.1 Å². The number of benzene rings is 3. The Balaban J connectivity index is 1.46. The van der Waals surface area contributed by atoms with Crippen LogP contribution >= 0.6 is 0 Å². The van der Waals surface area contributed by atoms with Crippen molar-refractivity contribution >= 4 is 23.2 Å². The molecule has 0 atom stereocenters. The maximum absolute atomic E-state index is 12.7. The largest absolute Gasteiger partial charge is 0.324 e. The molecule has 0 aliphatic heterocycles. The van der Waals surface area contributed by atoms with Crippen LogP contribution in [0, 0.1) is 20.8 Å². The van der Waals surface area contributed by atoms with E-state index in [4.69, 9.17) is 0 Å². The van der Waals surface area contributed by atoms with Crippen molar-refractivity contribution < 1.29 is 4.79 Å². The lowest BCUT2D eigenvalue weighted by atomic mass is 10.1. The Morgan fingerprint density at radius 1 is 0.742 bits per heavy atom. The Labute approximate surface area is 182 Å². The summed E-state index contributed by atoms with van der Waals surface area (Å²) in [5, 5.41) is 6.12. The molecular formula is C26H24N4O. The molecule has 0 saturated carbocycles. The summed E-state index contributed by atoms with van der Waals surface area (Å²) in [7, 11) is 0. The van der Waals surface area contributed by atoms with Crippen molar-refractivity contribution in [1.82, 2.24) is 9.97 Å². The Hall–Kier alpha value is -3.99. The SMILES string of the molecule is Cc1cccc(-c2cnc(Nc3cccc(C(=O)Nc4ccc(C)c(C)c4)c3)nc2)c1. The molecule has 0 fully saturated rings. The van der Waals surface area contributed by atoms with E-state index in [0.29, 0.717) is 11.5 Å². The van der Waals surface area contributed by atoms with E-state index in [1.54, 1.807) is 24.5 Å². The molecule has 0 aliphatic carbocycles. The summed E-state index contributed by atoms with van der Waals surface area (Å²) < 4.78 is 0. The predicted molar refractivity (Wildman–Crippen MR) is 126 cm³/mol. The van der Waals surface area contributed by atoms with Crippen LogP contribution in [0.5, 0.6) is 0 Å². The molecule has 3 aromatic carbocycles. The van der Waals surface area contributed by atoms with Crippen LogP contribution in [0.1, 0.15) is 27.0 Å². The third-order valence-corrected chi connectivity index (χ3v) is 5.15. The molecule has 1 heterocycles. The van der Waals surface area contributed by atoms with Crippen LogP contribution in [-0.2, 0) is 0 Å². The van der Waals surface area contributed by atoms with Gasteiger partial charge in [0.25, 0.3) is 5.91 Å². The van der Waals surface area contributed by atoms with Gasteiger partial charge in [-0.2, -0.15) is 0 Å². The monoisotopic (exact) mass is 408 g/mol. The van der Waals surface area contributed by atoms with Gasteiger partial charge in [0, 0.05) is 34.9 Å². The van der Waals surface area contributed by atoms with Gasteiger partial charge in [0.05, 0.1) is 0 Å². The first kappa shape index (κ1) is 20.3. The average Bonchev–Trinajstić information content (AvgIpc) is 2.77. The molecule has 1 amide bonds. The van der Waals surface area contributed by atoms with E-state index in [-0.39, 0.29) is 5.91 Å². The van der Waals surface area contributed by atoms with Crippen LogP contribution in [0.4, 0.5) is 17.3 Å². The standard InChI is InChI=1S/C26H24N4O/c1-17-6-4-7-20(12-17)22-15-27-26(28-16-22)30-23-9-5-8-21(14-23)25(31)29-24-11-10-18(2)19(3)13-24/h4-16H,1-3H3,(H,29,31)(H,27,28,30). The molecule has 5 nitrogen and oxygen atoms in total. The fraction of sp³-hybridized carbons (Fsp3) is 0.115. The summed E-state index contributed by atoms with van der Waals surface area (Å²) in [4.78, 5) is 21.5. The second-order valence-corrected chi connectivity index (χ2v) is 7.62. The maximum Gasteiger partial charge on any atom is 0.255 e. The lowest BCUT2D eigenvalue weighted by Gasteiger charge is -2.10. The minimum atomic E-state index is -0.164. The molecule has 2 N–H and O–H groups in total. The molecule has 4 rings (SSSR count). The summed E-state index contributed by atoms with van der Waals surface area (Å²) in [6, 6.07) is 21.4. The Morgan fingerprint density at radius 2 is 1.52 bits per heavy atom. The van der Waals surface area contributed by atoms with Crippen molar-refractivity contribution in [3.8, 4) is 11.1 Å². The zero-order chi connectivity index (χ0) is 21.8. The lowest BCUT2D eigenvalue weighted by Crippen LogP contribution is -2.12. The molecule has 0 spiro atoms. The minimum Gasteiger partial charge on any atom is -0.324 e. The van der Waals surface area contributed by atoms with Gasteiger partial charge in [-0.15, -0.1) is 0 Å². The molecule has 0 unspecified atom stereocenters. The van der Waals surface area contributed by atoms with Crippen LogP contribution in [0.3, 0.4) is 0 Å². The molecule has 0 bridgehead atoms. The van der Waals surface area contributed by atoms with Gasteiger partial charge in [-0.25, -0.2) is 9.97 Å². The van der Waals surface area contributed by atoms with Crippen molar-refractivity contribution in [2.75, 3.05) is 10.6 Å². The molecule has 0 aliphatic rings. The smallest absolute Gasteiger partial charge is 0.255 e. The van der Waals surface area contributed by atoms with Crippen molar-refractivity contribution in [2.24, 2.45) is 0 Å². The third-order valence-electron chi connectivity index (χ3n) is 5.15. The quantitative estimate of drug-likeness (QED) is 0.421. The first-order valence-electron chi connectivity index (χ1n) is 10.1. The van der Waals surface area contributed by atoms with Gasteiger partial charge in [-0.3, -0.25) is 4.79 Å². The van der Waals surface area contributed by atoms with Crippen molar-refractivity contribution in [2.45, 2.75) is 20.8 Å². The zero-order valence-electron chi connectivity index (χ0n) is 17.8. The topological polar surface area (TPSA) is 66.9 Å². The van der Waals surface area contributed by atoms with Crippen LogP contribution in [0.15, 0.2) is 79.1 Å². The summed E-state index contributed by atoms with van der Waals surface area (Å²) in [5.41, 5.74) is 7.64. The minimum absolute atomic E-state index is 0.164. The average molecular weight is 409 g/mol. The number of nitrogens with zero attached hydrogens (tertiary/aromatic N) is 2. The fourth-order valence-corrected chi connectivity index (χ4v) is 3.26. The number of aromatic nitrogens is 2. The van der Waals surface area contributed by atoms with Crippen LogP contribution in [-0.4, -0.2) is 15.9 Å². The number of amides is 1. The predicted octanol–water partition coefficient (Wildman–Crippen LogP) is 6.06. The van der Waals surface area contributed by atoms with Gasteiger partial charge in [-0.05, 0) is 67.8 Å². The van der Waals surface area contributed by atoms with E-state index in [9.17, 15) is 4.79 Å². The van der Waals surface area contributed by atoms with Gasteiger partial charge in [0.2, 0.25) is 5.95 Å². The summed E-state index contributed by atoms with van der Waals surface area (Å²) >= 11 is 0. The lowest BCUT2D eigenvalue weighted by molar-refractivity contribution is 0.102. The molecule has 4 aromatic rings. The van der Waals surface area contributed by atoms with Crippen LogP contribution in [0.2, 0.25) is 0 Å². The Morgan fingerprint density at radius 3 is 2.26 bits per heavy atom. The number of carbonyl (C=O) groups is 1. The van der Waals surface area contributed by atoms with Crippen molar-refractivity contribution in [3.05, 3.63) is 101 Å². The fourth-order valence-electron chi connectivity index (χ4n) is 3.26. The van der Waals surface area contributed by atoms with Crippen molar-refractivity contribution in [3.63, 3.8) is 0 Å². The van der Waals surface area contributed by atoms with E-state index in [0.717, 1.165) is 28.1 Å². The Bertz CT molecular complexity index is 1230. The highest BCUT2D eigenvalue weighted by Gasteiger charge is 2.09. The van der Waals surface area contributed by atoms with Gasteiger partial charge in [0.1, 0.15) is 0 Å². The summed E-state index contributed by atoms with van der Waals surface area (Å²) in [5.74, 6) is 0.311. The molecule has 0 radical (unpaired) electrons.